The van der Waals surface area contributed by atoms with Gasteiger partial charge in [-0.15, -0.1) is 0 Å². The third-order valence-electron chi connectivity index (χ3n) is 2.28. The molecule has 2 aromatic rings. The molecule has 1 heterocycles. The molecule has 15 heavy (non-hydrogen) atoms. The van der Waals surface area contributed by atoms with Gasteiger partial charge in [0.25, 0.3) is 0 Å². The molecule has 78 valence electrons. The number of hydrogen-bond donors (Lipinski definition) is 1. The molecule has 3 nitrogen and oxygen atoms in total. The lowest BCUT2D eigenvalue weighted by atomic mass is 10.1. The van der Waals surface area contributed by atoms with Crippen molar-refractivity contribution >= 4 is 0 Å². The summed E-state index contributed by atoms with van der Waals surface area (Å²) in [6, 6.07) is 8.16. The van der Waals surface area contributed by atoms with Crippen molar-refractivity contribution in [3.63, 3.8) is 0 Å². The van der Waals surface area contributed by atoms with Crippen molar-refractivity contribution in [1.29, 1.82) is 0 Å². The number of oxazole rings is 1. The van der Waals surface area contributed by atoms with E-state index < -0.39 is 0 Å². The second-order valence-electron chi connectivity index (χ2n) is 3.58. The van der Waals surface area contributed by atoms with E-state index in [4.69, 9.17) is 10.2 Å². The van der Waals surface area contributed by atoms with Crippen LogP contribution in [0, 0.1) is 13.8 Å². The number of aromatic nitrogens is 1. The molecule has 0 atom stereocenters. The Kier molecular flexibility index (Phi) is 2.56. The average Bonchev–Trinajstić information content (AvgIpc) is 2.59. The van der Waals surface area contributed by atoms with Crippen molar-refractivity contribution in [2.24, 2.45) is 5.73 Å². The van der Waals surface area contributed by atoms with Crippen molar-refractivity contribution in [3.05, 3.63) is 41.5 Å². The van der Waals surface area contributed by atoms with Crippen LogP contribution in [-0.4, -0.2) is 4.98 Å². The quantitative estimate of drug-likeness (QED) is 0.813. The highest BCUT2D eigenvalue weighted by molar-refractivity contribution is 5.62. The van der Waals surface area contributed by atoms with Crippen molar-refractivity contribution < 1.29 is 4.42 Å². The fraction of sp³-hybridized carbons (Fsp3) is 0.250. The molecule has 0 aliphatic carbocycles. The normalized spacial score (nSPS) is 10.6. The van der Waals surface area contributed by atoms with Gasteiger partial charge >= 0.3 is 0 Å². The molecule has 3 heteroatoms. The fourth-order valence-electron chi connectivity index (χ4n) is 1.63. The largest absolute Gasteiger partial charge is 0.444 e. The molecule has 0 radical (unpaired) electrons. The van der Waals surface area contributed by atoms with Crippen LogP contribution in [0.4, 0.5) is 0 Å². The van der Waals surface area contributed by atoms with Crippen molar-refractivity contribution in [2.75, 3.05) is 0 Å². The van der Waals surface area contributed by atoms with E-state index in [9.17, 15) is 0 Å². The highest BCUT2D eigenvalue weighted by Crippen LogP contribution is 2.24. The third-order valence-corrected chi connectivity index (χ3v) is 2.28. The van der Waals surface area contributed by atoms with E-state index in [1.165, 1.54) is 5.56 Å². The van der Waals surface area contributed by atoms with E-state index in [1.807, 2.05) is 19.1 Å². The topological polar surface area (TPSA) is 52.0 Å². The number of aryl methyl sites for hydroxylation is 2. The zero-order valence-corrected chi connectivity index (χ0v) is 8.95. The Morgan fingerprint density at radius 3 is 2.80 bits per heavy atom. The van der Waals surface area contributed by atoms with Gasteiger partial charge in [-0.05, 0) is 13.0 Å². The number of nitrogens with two attached hydrogens (primary N) is 1. The molecule has 2 rings (SSSR count). The molecule has 1 aromatic heterocycles. The van der Waals surface area contributed by atoms with E-state index in [-0.39, 0.29) is 0 Å². The number of benzene rings is 1. The zero-order chi connectivity index (χ0) is 10.8. The highest BCUT2D eigenvalue weighted by Gasteiger charge is 2.11. The van der Waals surface area contributed by atoms with E-state index >= 15 is 0 Å². The van der Waals surface area contributed by atoms with Crippen LogP contribution in [0.5, 0.6) is 0 Å². The van der Waals surface area contributed by atoms with Crippen LogP contribution in [0.15, 0.2) is 28.7 Å². The Morgan fingerprint density at radius 1 is 1.33 bits per heavy atom. The SMILES string of the molecule is Cc1cccc(-c2nc(C)oc2CN)c1. The summed E-state index contributed by atoms with van der Waals surface area (Å²) in [5.41, 5.74) is 8.73. The maximum atomic E-state index is 5.61. The summed E-state index contributed by atoms with van der Waals surface area (Å²) in [6.07, 6.45) is 0. The molecule has 0 fully saturated rings. The minimum absolute atomic E-state index is 0.379. The van der Waals surface area contributed by atoms with E-state index in [0.29, 0.717) is 12.4 Å². The van der Waals surface area contributed by atoms with Crippen LogP contribution in [0.1, 0.15) is 17.2 Å². The smallest absolute Gasteiger partial charge is 0.191 e. The van der Waals surface area contributed by atoms with Gasteiger partial charge in [0.15, 0.2) is 5.89 Å². The van der Waals surface area contributed by atoms with Crippen LogP contribution >= 0.6 is 0 Å². The second-order valence-corrected chi connectivity index (χ2v) is 3.58. The predicted octanol–water partition coefficient (Wildman–Crippen LogP) is 2.42. The Labute approximate surface area is 88.9 Å². The summed E-state index contributed by atoms with van der Waals surface area (Å²) in [5, 5.41) is 0. The maximum absolute atomic E-state index is 5.61. The summed E-state index contributed by atoms with van der Waals surface area (Å²) in [5.74, 6) is 1.41. The van der Waals surface area contributed by atoms with E-state index in [0.717, 1.165) is 17.0 Å². The first kappa shape index (κ1) is 9.93. The molecule has 0 aliphatic heterocycles. The molecule has 0 unspecified atom stereocenters. The van der Waals surface area contributed by atoms with E-state index in [2.05, 4.69) is 24.0 Å². The van der Waals surface area contributed by atoms with Crippen LogP contribution in [0.25, 0.3) is 11.3 Å². The molecule has 0 amide bonds. The fourth-order valence-corrected chi connectivity index (χ4v) is 1.63. The minimum atomic E-state index is 0.379. The third kappa shape index (κ3) is 1.92. The molecule has 0 spiro atoms. The molecule has 0 saturated carbocycles. The molecular weight excluding hydrogens is 188 g/mol. The molecular formula is C12H14N2O. The van der Waals surface area contributed by atoms with Crippen molar-refractivity contribution in [1.82, 2.24) is 4.98 Å². The molecule has 2 N–H and O–H groups in total. The predicted molar refractivity (Wildman–Crippen MR) is 59.3 cm³/mol. The van der Waals surface area contributed by atoms with Crippen LogP contribution in [-0.2, 0) is 6.54 Å². The molecule has 1 aromatic carbocycles. The van der Waals surface area contributed by atoms with Crippen LogP contribution in [0.2, 0.25) is 0 Å². The molecule has 0 saturated heterocycles. The lowest BCUT2D eigenvalue weighted by Crippen LogP contribution is -1.96. The van der Waals surface area contributed by atoms with Gasteiger partial charge in [-0.3, -0.25) is 0 Å². The van der Waals surface area contributed by atoms with Crippen molar-refractivity contribution in [3.8, 4) is 11.3 Å². The first-order valence-electron chi connectivity index (χ1n) is 4.94. The number of rotatable bonds is 2. The number of hydrogen-bond acceptors (Lipinski definition) is 3. The van der Waals surface area contributed by atoms with E-state index in [1.54, 1.807) is 0 Å². The minimum Gasteiger partial charge on any atom is -0.444 e. The summed E-state index contributed by atoms with van der Waals surface area (Å²) < 4.78 is 5.42. The Morgan fingerprint density at radius 2 is 2.13 bits per heavy atom. The number of nitrogens with zero attached hydrogens (tertiary/aromatic N) is 1. The Balaban J connectivity index is 2.53. The van der Waals surface area contributed by atoms with Gasteiger partial charge in [-0.1, -0.05) is 23.8 Å². The van der Waals surface area contributed by atoms with Gasteiger partial charge in [0.1, 0.15) is 11.5 Å². The van der Waals surface area contributed by atoms with Crippen molar-refractivity contribution in [2.45, 2.75) is 20.4 Å². The lowest BCUT2D eigenvalue weighted by Gasteiger charge is -1.99. The van der Waals surface area contributed by atoms with Gasteiger partial charge < -0.3 is 10.2 Å². The van der Waals surface area contributed by atoms with Gasteiger partial charge in [0.2, 0.25) is 0 Å². The second kappa shape index (κ2) is 3.87. The van der Waals surface area contributed by atoms with Crippen LogP contribution in [0.3, 0.4) is 0 Å². The Bertz CT molecular complexity index is 474. The summed E-state index contributed by atoms with van der Waals surface area (Å²) in [7, 11) is 0. The van der Waals surface area contributed by atoms with Gasteiger partial charge in [-0.25, -0.2) is 4.98 Å². The first-order chi connectivity index (χ1) is 7.20. The monoisotopic (exact) mass is 202 g/mol. The summed E-state index contributed by atoms with van der Waals surface area (Å²) in [6.45, 7) is 4.27. The lowest BCUT2D eigenvalue weighted by molar-refractivity contribution is 0.477. The van der Waals surface area contributed by atoms with Gasteiger partial charge in [-0.2, -0.15) is 0 Å². The van der Waals surface area contributed by atoms with Crippen LogP contribution < -0.4 is 5.73 Å². The van der Waals surface area contributed by atoms with Gasteiger partial charge in [0.05, 0.1) is 6.54 Å². The summed E-state index contributed by atoms with van der Waals surface area (Å²) >= 11 is 0. The average molecular weight is 202 g/mol. The summed E-state index contributed by atoms with van der Waals surface area (Å²) in [4.78, 5) is 4.35. The first-order valence-corrected chi connectivity index (χ1v) is 4.94. The molecule has 0 bridgehead atoms. The van der Waals surface area contributed by atoms with Gasteiger partial charge in [0, 0.05) is 12.5 Å². The standard InChI is InChI=1S/C12H14N2O/c1-8-4-3-5-10(6-8)12-11(7-13)15-9(2)14-12/h3-6H,7,13H2,1-2H3. The Hall–Kier alpha value is -1.61. The zero-order valence-electron chi connectivity index (χ0n) is 8.95. The highest BCUT2D eigenvalue weighted by atomic mass is 16.4. The molecule has 0 aliphatic rings. The maximum Gasteiger partial charge on any atom is 0.191 e.